The second kappa shape index (κ2) is 7.81. The number of aryl methyl sites for hydroxylation is 1. The fourth-order valence-corrected chi connectivity index (χ4v) is 4.29. The van der Waals surface area contributed by atoms with Crippen molar-refractivity contribution in [2.24, 2.45) is 5.92 Å². The van der Waals surface area contributed by atoms with Crippen LogP contribution in [0.15, 0.2) is 40.9 Å². The van der Waals surface area contributed by atoms with Crippen LogP contribution in [0.25, 0.3) is 22.2 Å². The SMILES string of the molecule is Cc1noc(CNC(=O)C2CC(c3c(-c4ccc(F)cc4)[nH]c4c(F)cc(F)cc34)C2)n1. The van der Waals surface area contributed by atoms with Crippen LogP contribution in [-0.4, -0.2) is 21.0 Å². The molecule has 0 bridgehead atoms. The van der Waals surface area contributed by atoms with Crippen LogP contribution in [0, 0.1) is 30.3 Å². The lowest BCUT2D eigenvalue weighted by Crippen LogP contribution is -2.37. The molecule has 0 unspecified atom stereocenters. The zero-order valence-electron chi connectivity index (χ0n) is 17.1. The molecule has 1 amide bonds. The first-order valence-electron chi connectivity index (χ1n) is 10.2. The number of carbonyl (C=O) groups excluding carboxylic acids is 1. The zero-order chi connectivity index (χ0) is 22.4. The average Bonchev–Trinajstić information content (AvgIpc) is 3.30. The topological polar surface area (TPSA) is 83.8 Å². The van der Waals surface area contributed by atoms with Crippen LogP contribution in [0.3, 0.4) is 0 Å². The molecule has 1 aliphatic carbocycles. The van der Waals surface area contributed by atoms with Gasteiger partial charge < -0.3 is 14.8 Å². The molecule has 2 aromatic carbocycles. The van der Waals surface area contributed by atoms with E-state index in [0.29, 0.717) is 41.2 Å². The lowest BCUT2D eigenvalue weighted by Gasteiger charge is -2.35. The van der Waals surface area contributed by atoms with Gasteiger partial charge in [-0.2, -0.15) is 4.98 Å². The lowest BCUT2D eigenvalue weighted by atomic mass is 9.70. The van der Waals surface area contributed by atoms with Gasteiger partial charge in [0.2, 0.25) is 11.8 Å². The molecule has 0 spiro atoms. The Bertz CT molecular complexity index is 1310. The van der Waals surface area contributed by atoms with Gasteiger partial charge in [-0.05, 0) is 67.1 Å². The van der Waals surface area contributed by atoms with E-state index in [0.717, 1.165) is 11.6 Å². The Labute approximate surface area is 180 Å². The summed E-state index contributed by atoms with van der Waals surface area (Å²) in [6.45, 7) is 1.84. The number of nitrogens with zero attached hydrogens (tertiary/aromatic N) is 2. The van der Waals surface area contributed by atoms with Gasteiger partial charge in [0, 0.05) is 17.4 Å². The van der Waals surface area contributed by atoms with Crippen LogP contribution in [0.5, 0.6) is 0 Å². The number of amides is 1. The maximum Gasteiger partial charge on any atom is 0.246 e. The second-order valence-electron chi connectivity index (χ2n) is 8.05. The second-order valence-corrected chi connectivity index (χ2v) is 8.05. The van der Waals surface area contributed by atoms with Gasteiger partial charge in [0.15, 0.2) is 5.82 Å². The first-order valence-corrected chi connectivity index (χ1v) is 10.2. The van der Waals surface area contributed by atoms with E-state index in [9.17, 15) is 18.0 Å². The maximum atomic E-state index is 14.5. The average molecular weight is 440 g/mol. The third-order valence-corrected chi connectivity index (χ3v) is 5.90. The van der Waals surface area contributed by atoms with Crippen LogP contribution in [0.1, 0.15) is 36.0 Å². The van der Waals surface area contributed by atoms with Crippen molar-refractivity contribution in [2.45, 2.75) is 32.2 Å². The van der Waals surface area contributed by atoms with Gasteiger partial charge in [-0.3, -0.25) is 4.79 Å². The van der Waals surface area contributed by atoms with Crippen LogP contribution >= 0.6 is 0 Å². The van der Waals surface area contributed by atoms with Gasteiger partial charge in [-0.1, -0.05) is 5.16 Å². The highest BCUT2D eigenvalue weighted by Crippen LogP contribution is 2.48. The summed E-state index contributed by atoms with van der Waals surface area (Å²) >= 11 is 0. The standard InChI is InChI=1S/C23H19F3N4O2/c1-11-28-19(32-30-11)10-27-23(31)14-6-13(7-14)20-17-8-16(25)9-18(26)22(17)29-21(20)12-2-4-15(24)5-3-12/h2-5,8-9,13-14,29H,6-7,10H2,1H3,(H,27,31). The Kier molecular flexibility index (Phi) is 4.96. The van der Waals surface area contributed by atoms with E-state index in [-0.39, 0.29) is 35.6 Å². The quantitative estimate of drug-likeness (QED) is 0.469. The van der Waals surface area contributed by atoms with Crippen molar-refractivity contribution in [1.29, 1.82) is 0 Å². The van der Waals surface area contributed by atoms with Crippen LogP contribution in [-0.2, 0) is 11.3 Å². The number of aromatic amines is 1. The van der Waals surface area contributed by atoms with E-state index in [2.05, 4.69) is 20.4 Å². The van der Waals surface area contributed by atoms with Gasteiger partial charge >= 0.3 is 0 Å². The summed E-state index contributed by atoms with van der Waals surface area (Å²) in [5, 5.41) is 6.90. The third kappa shape index (κ3) is 3.63. The molecule has 0 radical (unpaired) electrons. The minimum Gasteiger partial charge on any atom is -0.352 e. The zero-order valence-corrected chi connectivity index (χ0v) is 17.1. The summed E-state index contributed by atoms with van der Waals surface area (Å²) < 4.78 is 46.9. The largest absolute Gasteiger partial charge is 0.352 e. The van der Waals surface area contributed by atoms with Crippen molar-refractivity contribution in [2.75, 3.05) is 0 Å². The predicted octanol–water partition coefficient (Wildman–Crippen LogP) is 4.75. The van der Waals surface area contributed by atoms with Crippen molar-refractivity contribution in [3.63, 3.8) is 0 Å². The van der Waals surface area contributed by atoms with Crippen molar-refractivity contribution in [1.82, 2.24) is 20.4 Å². The molecule has 9 heteroatoms. The minimum atomic E-state index is -0.696. The number of carbonyl (C=O) groups is 1. The van der Waals surface area contributed by atoms with Crippen molar-refractivity contribution >= 4 is 16.8 Å². The van der Waals surface area contributed by atoms with E-state index < -0.39 is 11.6 Å². The molecule has 164 valence electrons. The highest BCUT2D eigenvalue weighted by atomic mass is 19.1. The molecule has 1 fully saturated rings. The monoisotopic (exact) mass is 440 g/mol. The normalized spacial score (nSPS) is 18.0. The molecular weight excluding hydrogens is 421 g/mol. The van der Waals surface area contributed by atoms with E-state index in [1.807, 2.05) is 0 Å². The minimum absolute atomic E-state index is 0.0774. The number of hydrogen-bond acceptors (Lipinski definition) is 4. The molecule has 32 heavy (non-hydrogen) atoms. The fourth-order valence-electron chi connectivity index (χ4n) is 4.29. The van der Waals surface area contributed by atoms with E-state index in [1.165, 1.54) is 18.2 Å². The Morgan fingerprint density at radius 1 is 1.16 bits per heavy atom. The maximum absolute atomic E-state index is 14.5. The molecule has 2 aromatic heterocycles. The summed E-state index contributed by atoms with van der Waals surface area (Å²) in [4.78, 5) is 19.6. The molecule has 4 aromatic rings. The summed E-state index contributed by atoms with van der Waals surface area (Å²) in [6.07, 6.45) is 1.04. The molecule has 0 saturated heterocycles. The lowest BCUT2D eigenvalue weighted by molar-refractivity contribution is -0.128. The molecule has 1 saturated carbocycles. The third-order valence-electron chi connectivity index (χ3n) is 5.90. The molecule has 6 nitrogen and oxygen atoms in total. The summed E-state index contributed by atoms with van der Waals surface area (Å²) in [7, 11) is 0. The van der Waals surface area contributed by atoms with Gasteiger partial charge in [0.1, 0.15) is 17.5 Å². The van der Waals surface area contributed by atoms with Crippen LogP contribution in [0.2, 0.25) is 0 Å². The highest BCUT2D eigenvalue weighted by Gasteiger charge is 2.38. The molecule has 5 rings (SSSR count). The number of hydrogen-bond donors (Lipinski definition) is 2. The van der Waals surface area contributed by atoms with Crippen LogP contribution < -0.4 is 5.32 Å². The van der Waals surface area contributed by atoms with E-state index in [4.69, 9.17) is 4.52 Å². The van der Waals surface area contributed by atoms with Crippen LogP contribution in [0.4, 0.5) is 13.2 Å². The Hall–Kier alpha value is -3.62. The van der Waals surface area contributed by atoms with Gasteiger partial charge in [0.25, 0.3) is 0 Å². The van der Waals surface area contributed by atoms with Gasteiger partial charge in [-0.25, -0.2) is 13.2 Å². The molecule has 2 heterocycles. The summed E-state index contributed by atoms with van der Waals surface area (Å²) in [5.74, 6) is -1.40. The van der Waals surface area contributed by atoms with Crippen molar-refractivity contribution in [3.8, 4) is 11.3 Å². The van der Waals surface area contributed by atoms with Gasteiger partial charge in [0.05, 0.1) is 17.8 Å². The first-order chi connectivity index (χ1) is 15.4. The predicted molar refractivity (Wildman–Crippen MR) is 110 cm³/mol. The van der Waals surface area contributed by atoms with E-state index >= 15 is 0 Å². The number of rotatable bonds is 5. The van der Waals surface area contributed by atoms with Crippen molar-refractivity contribution in [3.05, 3.63) is 71.1 Å². The number of H-pyrrole nitrogens is 1. The molecule has 0 aliphatic heterocycles. The first kappa shape index (κ1) is 20.3. The Balaban J connectivity index is 1.40. The van der Waals surface area contributed by atoms with E-state index in [1.54, 1.807) is 19.1 Å². The summed E-state index contributed by atoms with van der Waals surface area (Å²) in [6, 6.07) is 7.94. The smallest absolute Gasteiger partial charge is 0.246 e. The Morgan fingerprint density at radius 3 is 2.59 bits per heavy atom. The van der Waals surface area contributed by atoms with Gasteiger partial charge in [-0.15, -0.1) is 0 Å². The molecular formula is C23H19F3N4O2. The number of benzene rings is 2. The molecule has 2 N–H and O–H groups in total. The molecule has 0 atom stereocenters. The fraction of sp³-hybridized carbons (Fsp3) is 0.261. The number of nitrogens with one attached hydrogen (secondary N) is 2. The number of aromatic nitrogens is 3. The molecule has 1 aliphatic rings. The number of fused-ring (bicyclic) bond motifs is 1. The number of halogens is 3. The summed E-state index contributed by atoms with van der Waals surface area (Å²) in [5.41, 5.74) is 2.20. The van der Waals surface area contributed by atoms with Crippen molar-refractivity contribution < 1.29 is 22.5 Å². The Morgan fingerprint density at radius 2 is 1.91 bits per heavy atom. The highest BCUT2D eigenvalue weighted by molar-refractivity contribution is 5.92.